The summed E-state index contributed by atoms with van der Waals surface area (Å²) in [6.45, 7) is 1.45. The Kier molecular flexibility index (Phi) is 6.61. The highest BCUT2D eigenvalue weighted by molar-refractivity contribution is 7.98. The van der Waals surface area contributed by atoms with Gasteiger partial charge >= 0.3 is 0 Å². The van der Waals surface area contributed by atoms with Gasteiger partial charge in [-0.15, -0.1) is 11.8 Å². The molecule has 1 aliphatic rings. The molecule has 5 nitrogen and oxygen atoms in total. The number of aromatic nitrogens is 1. The van der Waals surface area contributed by atoms with Crippen LogP contribution in [0.3, 0.4) is 0 Å². The van der Waals surface area contributed by atoms with Crippen LogP contribution in [0, 0.1) is 17.6 Å². The number of thioether (sulfide) groups is 1. The number of carbonyl (C=O) groups is 2. The van der Waals surface area contributed by atoms with Gasteiger partial charge in [0.05, 0.1) is 5.56 Å². The number of nitrogens with zero attached hydrogens (tertiary/aromatic N) is 2. The van der Waals surface area contributed by atoms with E-state index in [1.54, 1.807) is 23.2 Å². The normalized spacial score (nSPS) is 14.8. The van der Waals surface area contributed by atoms with E-state index in [1.807, 2.05) is 6.26 Å². The predicted molar refractivity (Wildman–Crippen MR) is 103 cm³/mol. The fraction of sp³-hybridized carbons (Fsp3) is 0.350. The quantitative estimate of drug-likeness (QED) is 0.775. The number of benzene rings is 1. The molecule has 0 spiro atoms. The van der Waals surface area contributed by atoms with Crippen molar-refractivity contribution < 1.29 is 18.4 Å². The second kappa shape index (κ2) is 9.14. The third-order valence-corrected chi connectivity index (χ3v) is 5.55. The lowest BCUT2D eigenvalue weighted by atomic mass is 9.96. The maximum atomic E-state index is 13.7. The van der Waals surface area contributed by atoms with Gasteiger partial charge in [-0.05, 0) is 49.3 Å². The molecular weight excluding hydrogens is 384 g/mol. The molecule has 0 unspecified atom stereocenters. The lowest BCUT2D eigenvalue weighted by Crippen LogP contribution is -2.42. The van der Waals surface area contributed by atoms with Crippen LogP contribution in [-0.2, 0) is 0 Å². The molecule has 2 heterocycles. The molecule has 0 radical (unpaired) electrons. The van der Waals surface area contributed by atoms with Gasteiger partial charge in [-0.3, -0.25) is 9.59 Å². The number of hydrogen-bond donors (Lipinski definition) is 1. The van der Waals surface area contributed by atoms with Gasteiger partial charge < -0.3 is 10.2 Å². The van der Waals surface area contributed by atoms with Gasteiger partial charge in [0.2, 0.25) is 0 Å². The van der Waals surface area contributed by atoms with Crippen molar-refractivity contribution in [3.05, 3.63) is 59.3 Å². The van der Waals surface area contributed by atoms with Gasteiger partial charge in [-0.1, -0.05) is 6.07 Å². The summed E-state index contributed by atoms with van der Waals surface area (Å²) < 4.78 is 27.4. The molecule has 2 amide bonds. The van der Waals surface area contributed by atoms with E-state index in [9.17, 15) is 18.4 Å². The van der Waals surface area contributed by atoms with E-state index in [2.05, 4.69) is 10.3 Å². The molecule has 2 aromatic rings. The first-order chi connectivity index (χ1) is 13.5. The van der Waals surface area contributed by atoms with Crippen LogP contribution in [0.4, 0.5) is 8.78 Å². The lowest BCUT2D eigenvalue weighted by molar-refractivity contribution is 0.0679. The van der Waals surface area contributed by atoms with Crippen molar-refractivity contribution in [2.45, 2.75) is 17.9 Å². The van der Waals surface area contributed by atoms with Crippen molar-refractivity contribution in [1.82, 2.24) is 15.2 Å². The van der Waals surface area contributed by atoms with Crippen LogP contribution in [0.15, 0.2) is 41.6 Å². The number of amides is 2. The van der Waals surface area contributed by atoms with E-state index in [0.29, 0.717) is 43.1 Å². The molecule has 1 saturated heterocycles. The summed E-state index contributed by atoms with van der Waals surface area (Å²) in [7, 11) is 0. The summed E-state index contributed by atoms with van der Waals surface area (Å²) in [4.78, 5) is 30.8. The van der Waals surface area contributed by atoms with Crippen molar-refractivity contribution in [3.63, 3.8) is 0 Å². The number of piperidine rings is 1. The average Bonchev–Trinajstić information content (AvgIpc) is 2.72. The molecule has 0 atom stereocenters. The number of pyridine rings is 1. The number of halogens is 2. The highest BCUT2D eigenvalue weighted by atomic mass is 32.2. The van der Waals surface area contributed by atoms with Crippen LogP contribution in [0.5, 0.6) is 0 Å². The molecule has 3 rings (SSSR count). The van der Waals surface area contributed by atoms with Crippen LogP contribution in [0.25, 0.3) is 0 Å². The monoisotopic (exact) mass is 405 g/mol. The van der Waals surface area contributed by atoms with E-state index in [-0.39, 0.29) is 11.8 Å². The van der Waals surface area contributed by atoms with Crippen molar-refractivity contribution >= 4 is 23.6 Å². The third-order valence-electron chi connectivity index (χ3n) is 4.84. The van der Waals surface area contributed by atoms with Crippen LogP contribution < -0.4 is 5.32 Å². The molecule has 148 valence electrons. The first kappa shape index (κ1) is 20.3. The zero-order valence-corrected chi connectivity index (χ0v) is 16.3. The van der Waals surface area contributed by atoms with Crippen LogP contribution in [0.1, 0.15) is 33.6 Å². The van der Waals surface area contributed by atoms with Gasteiger partial charge in [-0.25, -0.2) is 13.8 Å². The standard InChI is InChI=1S/C20H21F2N3O2S/c1-28-19-14(4-3-9-23-19)20(27)25-10-7-13(8-11-25)12-24-18(26)17-15(21)5-2-6-16(17)22/h2-6,9,13H,7-8,10-12H2,1H3,(H,24,26). The minimum absolute atomic E-state index is 0.0478. The smallest absolute Gasteiger partial charge is 0.257 e. The molecule has 28 heavy (non-hydrogen) atoms. The Labute approximate surface area is 166 Å². The third kappa shape index (κ3) is 4.49. The fourth-order valence-corrected chi connectivity index (χ4v) is 3.81. The van der Waals surface area contributed by atoms with Crippen molar-refractivity contribution in [3.8, 4) is 0 Å². The largest absolute Gasteiger partial charge is 0.352 e. The Hall–Kier alpha value is -2.48. The predicted octanol–water partition coefficient (Wildman–Crippen LogP) is 3.36. The van der Waals surface area contributed by atoms with E-state index in [0.717, 1.165) is 12.1 Å². The molecule has 8 heteroatoms. The zero-order valence-electron chi connectivity index (χ0n) is 15.5. The summed E-state index contributed by atoms with van der Waals surface area (Å²) >= 11 is 1.43. The minimum Gasteiger partial charge on any atom is -0.352 e. The number of likely N-dealkylation sites (tertiary alicyclic amines) is 1. The molecular formula is C20H21F2N3O2S. The summed E-state index contributed by atoms with van der Waals surface area (Å²) in [5.74, 6) is -2.41. The molecule has 1 aliphatic heterocycles. The fourth-order valence-electron chi connectivity index (χ4n) is 3.27. The first-order valence-corrected chi connectivity index (χ1v) is 10.2. The molecule has 1 aromatic carbocycles. The van der Waals surface area contributed by atoms with Gasteiger partial charge in [0.15, 0.2) is 0 Å². The second-order valence-electron chi connectivity index (χ2n) is 6.60. The topological polar surface area (TPSA) is 62.3 Å². The highest BCUT2D eigenvalue weighted by Crippen LogP contribution is 2.23. The summed E-state index contributed by atoms with van der Waals surface area (Å²) in [5.41, 5.74) is 0.0352. The van der Waals surface area contributed by atoms with Gasteiger partial charge in [0, 0.05) is 25.8 Å². The Morgan fingerprint density at radius 2 is 1.86 bits per heavy atom. The Bertz CT molecular complexity index is 850. The Morgan fingerprint density at radius 3 is 2.50 bits per heavy atom. The summed E-state index contributed by atoms with van der Waals surface area (Å²) in [6, 6.07) is 6.86. The summed E-state index contributed by atoms with van der Waals surface area (Å²) in [5, 5.41) is 3.31. The first-order valence-electron chi connectivity index (χ1n) is 9.01. The maximum absolute atomic E-state index is 13.7. The molecule has 1 N–H and O–H groups in total. The average molecular weight is 405 g/mol. The SMILES string of the molecule is CSc1ncccc1C(=O)N1CCC(CNC(=O)c2c(F)cccc2F)CC1. The Morgan fingerprint density at radius 1 is 1.18 bits per heavy atom. The number of rotatable bonds is 5. The molecule has 0 bridgehead atoms. The van der Waals surface area contributed by atoms with Crippen LogP contribution in [0.2, 0.25) is 0 Å². The molecule has 0 aliphatic carbocycles. The molecule has 0 saturated carbocycles. The lowest BCUT2D eigenvalue weighted by Gasteiger charge is -2.32. The minimum atomic E-state index is -0.876. The number of nitrogens with one attached hydrogen (secondary N) is 1. The molecule has 1 fully saturated rings. The number of hydrogen-bond acceptors (Lipinski definition) is 4. The number of carbonyl (C=O) groups excluding carboxylic acids is 2. The van der Waals surface area contributed by atoms with E-state index >= 15 is 0 Å². The van der Waals surface area contributed by atoms with Crippen molar-refractivity contribution in [2.75, 3.05) is 25.9 Å². The van der Waals surface area contributed by atoms with Crippen molar-refractivity contribution in [1.29, 1.82) is 0 Å². The molecule has 1 aromatic heterocycles. The maximum Gasteiger partial charge on any atom is 0.257 e. The van der Waals surface area contributed by atoms with E-state index in [1.165, 1.54) is 17.8 Å². The van der Waals surface area contributed by atoms with Gasteiger partial charge in [0.1, 0.15) is 22.2 Å². The van der Waals surface area contributed by atoms with Crippen LogP contribution in [-0.4, -0.2) is 47.6 Å². The van der Waals surface area contributed by atoms with E-state index < -0.39 is 23.1 Å². The van der Waals surface area contributed by atoms with Gasteiger partial charge in [0.25, 0.3) is 11.8 Å². The van der Waals surface area contributed by atoms with E-state index in [4.69, 9.17) is 0 Å². The van der Waals surface area contributed by atoms with Gasteiger partial charge in [-0.2, -0.15) is 0 Å². The highest BCUT2D eigenvalue weighted by Gasteiger charge is 2.26. The zero-order chi connectivity index (χ0) is 20.1. The van der Waals surface area contributed by atoms with Crippen LogP contribution >= 0.6 is 11.8 Å². The second-order valence-corrected chi connectivity index (χ2v) is 7.40. The van der Waals surface area contributed by atoms with Crippen molar-refractivity contribution in [2.24, 2.45) is 5.92 Å². The Balaban J connectivity index is 1.53. The summed E-state index contributed by atoms with van der Waals surface area (Å²) in [6.07, 6.45) is 4.96.